The van der Waals surface area contributed by atoms with E-state index in [1.165, 1.54) is 25.7 Å². The highest BCUT2D eigenvalue weighted by Crippen LogP contribution is 2.33. The SMILES string of the molecule is CCNC(C)(CO)C1CCCC1. The van der Waals surface area contributed by atoms with Gasteiger partial charge in [0, 0.05) is 5.54 Å². The van der Waals surface area contributed by atoms with Crippen molar-refractivity contribution in [3.05, 3.63) is 0 Å². The number of hydrogen-bond acceptors (Lipinski definition) is 2. The van der Waals surface area contributed by atoms with Crippen LogP contribution in [0.3, 0.4) is 0 Å². The van der Waals surface area contributed by atoms with Gasteiger partial charge in [-0.15, -0.1) is 0 Å². The zero-order valence-electron chi connectivity index (χ0n) is 8.27. The van der Waals surface area contributed by atoms with E-state index in [9.17, 15) is 5.11 Å². The van der Waals surface area contributed by atoms with Crippen molar-refractivity contribution in [1.82, 2.24) is 5.32 Å². The van der Waals surface area contributed by atoms with Crippen LogP contribution < -0.4 is 5.32 Å². The molecule has 1 unspecified atom stereocenters. The minimum absolute atomic E-state index is 0.0226. The minimum atomic E-state index is -0.0226. The Balaban J connectivity index is 2.51. The first-order valence-electron chi connectivity index (χ1n) is 5.09. The first-order valence-corrected chi connectivity index (χ1v) is 5.09. The standard InChI is InChI=1S/C10H21NO/c1-3-11-10(2,8-12)9-6-4-5-7-9/h9,11-12H,3-8H2,1-2H3. The van der Waals surface area contributed by atoms with E-state index in [2.05, 4.69) is 19.2 Å². The van der Waals surface area contributed by atoms with Gasteiger partial charge in [-0.2, -0.15) is 0 Å². The Kier molecular flexibility index (Phi) is 3.53. The van der Waals surface area contributed by atoms with Crippen molar-refractivity contribution in [3.63, 3.8) is 0 Å². The molecule has 1 fully saturated rings. The Morgan fingerprint density at radius 1 is 1.42 bits per heavy atom. The fraction of sp³-hybridized carbons (Fsp3) is 1.00. The average molecular weight is 171 g/mol. The maximum absolute atomic E-state index is 9.31. The predicted molar refractivity (Wildman–Crippen MR) is 51.1 cm³/mol. The topological polar surface area (TPSA) is 32.3 Å². The van der Waals surface area contributed by atoms with Crippen molar-refractivity contribution in [2.75, 3.05) is 13.2 Å². The summed E-state index contributed by atoms with van der Waals surface area (Å²) in [6.07, 6.45) is 5.24. The summed E-state index contributed by atoms with van der Waals surface area (Å²) in [4.78, 5) is 0. The Morgan fingerprint density at radius 2 is 2.00 bits per heavy atom. The average Bonchev–Trinajstić information content (AvgIpc) is 2.57. The van der Waals surface area contributed by atoms with Gasteiger partial charge in [-0.05, 0) is 32.2 Å². The summed E-state index contributed by atoms with van der Waals surface area (Å²) < 4.78 is 0. The summed E-state index contributed by atoms with van der Waals surface area (Å²) in [6.45, 7) is 5.47. The van der Waals surface area contributed by atoms with Crippen molar-refractivity contribution < 1.29 is 5.11 Å². The molecule has 2 N–H and O–H groups in total. The van der Waals surface area contributed by atoms with Crippen LogP contribution in [-0.4, -0.2) is 23.8 Å². The van der Waals surface area contributed by atoms with E-state index < -0.39 is 0 Å². The summed E-state index contributed by atoms with van der Waals surface area (Å²) in [5.74, 6) is 0.683. The molecule has 1 saturated carbocycles. The lowest BCUT2D eigenvalue weighted by Gasteiger charge is -2.34. The molecular formula is C10H21NO. The molecule has 0 heterocycles. The van der Waals surface area contributed by atoms with Crippen molar-refractivity contribution >= 4 is 0 Å². The molecule has 72 valence electrons. The highest BCUT2D eigenvalue weighted by Gasteiger charge is 2.34. The lowest BCUT2D eigenvalue weighted by molar-refractivity contribution is 0.122. The fourth-order valence-corrected chi connectivity index (χ4v) is 2.30. The first-order chi connectivity index (χ1) is 5.73. The third kappa shape index (κ3) is 1.99. The molecule has 0 spiro atoms. The molecule has 0 saturated heterocycles. The number of aliphatic hydroxyl groups is 1. The quantitative estimate of drug-likeness (QED) is 0.672. The molecule has 0 aromatic heterocycles. The van der Waals surface area contributed by atoms with Crippen LogP contribution in [0.1, 0.15) is 39.5 Å². The van der Waals surface area contributed by atoms with Crippen LogP contribution in [0.4, 0.5) is 0 Å². The van der Waals surface area contributed by atoms with Gasteiger partial charge in [-0.1, -0.05) is 19.8 Å². The largest absolute Gasteiger partial charge is 0.394 e. The third-order valence-corrected chi connectivity index (χ3v) is 3.17. The van der Waals surface area contributed by atoms with Crippen LogP contribution in [0.2, 0.25) is 0 Å². The van der Waals surface area contributed by atoms with Crippen molar-refractivity contribution in [1.29, 1.82) is 0 Å². The second-order valence-corrected chi connectivity index (χ2v) is 4.09. The monoisotopic (exact) mass is 171 g/mol. The van der Waals surface area contributed by atoms with Gasteiger partial charge in [-0.3, -0.25) is 0 Å². The Morgan fingerprint density at radius 3 is 2.42 bits per heavy atom. The summed E-state index contributed by atoms with van der Waals surface area (Å²) in [5, 5.41) is 12.7. The van der Waals surface area contributed by atoms with Gasteiger partial charge in [0.2, 0.25) is 0 Å². The Bertz CT molecular complexity index is 132. The normalized spacial score (nSPS) is 24.2. The summed E-state index contributed by atoms with van der Waals surface area (Å²) in [7, 11) is 0. The van der Waals surface area contributed by atoms with Crippen molar-refractivity contribution in [3.8, 4) is 0 Å². The van der Waals surface area contributed by atoms with E-state index in [1.54, 1.807) is 0 Å². The molecule has 2 heteroatoms. The molecule has 0 amide bonds. The maximum atomic E-state index is 9.31. The van der Waals surface area contributed by atoms with E-state index in [-0.39, 0.29) is 12.1 Å². The third-order valence-electron chi connectivity index (χ3n) is 3.17. The lowest BCUT2D eigenvalue weighted by atomic mass is 9.85. The minimum Gasteiger partial charge on any atom is -0.394 e. The van der Waals surface area contributed by atoms with Crippen LogP contribution in [0.5, 0.6) is 0 Å². The van der Waals surface area contributed by atoms with Gasteiger partial charge in [0.1, 0.15) is 0 Å². The molecule has 12 heavy (non-hydrogen) atoms. The molecule has 1 atom stereocenters. The molecule has 0 aromatic carbocycles. The molecule has 2 nitrogen and oxygen atoms in total. The lowest BCUT2D eigenvalue weighted by Crippen LogP contribution is -2.50. The highest BCUT2D eigenvalue weighted by atomic mass is 16.3. The summed E-state index contributed by atoms with van der Waals surface area (Å²) in [5.41, 5.74) is -0.0226. The molecule has 0 aromatic rings. The number of nitrogens with one attached hydrogen (secondary N) is 1. The molecule has 0 radical (unpaired) electrons. The van der Waals surface area contributed by atoms with Crippen LogP contribution in [0.25, 0.3) is 0 Å². The fourth-order valence-electron chi connectivity index (χ4n) is 2.30. The van der Waals surface area contributed by atoms with Crippen molar-refractivity contribution in [2.45, 2.75) is 45.1 Å². The molecule has 1 aliphatic carbocycles. The summed E-state index contributed by atoms with van der Waals surface area (Å²) in [6, 6.07) is 0. The van der Waals surface area contributed by atoms with Crippen LogP contribution in [0, 0.1) is 5.92 Å². The molecule has 0 bridgehead atoms. The smallest absolute Gasteiger partial charge is 0.0613 e. The second kappa shape index (κ2) is 4.24. The number of rotatable bonds is 4. The Labute approximate surface area is 75.4 Å². The van der Waals surface area contributed by atoms with Crippen LogP contribution in [-0.2, 0) is 0 Å². The van der Waals surface area contributed by atoms with Crippen molar-refractivity contribution in [2.24, 2.45) is 5.92 Å². The maximum Gasteiger partial charge on any atom is 0.0613 e. The van der Waals surface area contributed by atoms with E-state index >= 15 is 0 Å². The zero-order valence-corrected chi connectivity index (χ0v) is 8.27. The second-order valence-electron chi connectivity index (χ2n) is 4.09. The van der Waals surface area contributed by atoms with Gasteiger partial charge < -0.3 is 10.4 Å². The van der Waals surface area contributed by atoms with E-state index in [1.807, 2.05) is 0 Å². The van der Waals surface area contributed by atoms with Gasteiger partial charge in [0.15, 0.2) is 0 Å². The molecule has 0 aliphatic heterocycles. The van der Waals surface area contributed by atoms with E-state index in [0.29, 0.717) is 5.92 Å². The van der Waals surface area contributed by atoms with Crippen LogP contribution in [0.15, 0.2) is 0 Å². The van der Waals surface area contributed by atoms with Crippen LogP contribution >= 0.6 is 0 Å². The number of likely N-dealkylation sites (N-methyl/N-ethyl adjacent to an activating group) is 1. The van der Waals surface area contributed by atoms with Gasteiger partial charge in [-0.25, -0.2) is 0 Å². The number of hydrogen-bond donors (Lipinski definition) is 2. The first kappa shape index (κ1) is 10.0. The highest BCUT2D eigenvalue weighted by molar-refractivity contribution is 4.91. The molecule has 1 aliphatic rings. The zero-order chi connectivity index (χ0) is 9.03. The summed E-state index contributed by atoms with van der Waals surface area (Å²) >= 11 is 0. The van der Waals surface area contributed by atoms with E-state index in [0.717, 1.165) is 6.54 Å². The number of aliphatic hydroxyl groups excluding tert-OH is 1. The Hall–Kier alpha value is -0.0800. The predicted octanol–water partition coefficient (Wildman–Crippen LogP) is 1.54. The van der Waals surface area contributed by atoms with E-state index in [4.69, 9.17) is 0 Å². The van der Waals surface area contributed by atoms with Gasteiger partial charge in [0.05, 0.1) is 6.61 Å². The van der Waals surface area contributed by atoms with Gasteiger partial charge in [0.25, 0.3) is 0 Å². The molecule has 1 rings (SSSR count). The van der Waals surface area contributed by atoms with Gasteiger partial charge >= 0.3 is 0 Å². The molecular weight excluding hydrogens is 150 g/mol.